The lowest BCUT2D eigenvalue weighted by Gasteiger charge is -2.10. The van der Waals surface area contributed by atoms with E-state index < -0.39 is 16.0 Å². The number of sulfonamides is 1. The van der Waals surface area contributed by atoms with Crippen molar-refractivity contribution in [3.05, 3.63) is 57.2 Å². The van der Waals surface area contributed by atoms with Gasteiger partial charge >= 0.3 is 5.97 Å². The van der Waals surface area contributed by atoms with Crippen molar-refractivity contribution in [2.45, 2.75) is 18.7 Å². The molecule has 1 aromatic carbocycles. The van der Waals surface area contributed by atoms with Crippen molar-refractivity contribution in [1.29, 1.82) is 0 Å². The lowest BCUT2D eigenvalue weighted by molar-refractivity contribution is 0.0529. The molecule has 0 spiro atoms. The molecule has 0 bridgehead atoms. The second-order valence-electron chi connectivity index (χ2n) is 5.49. The Bertz CT molecular complexity index is 1050. The molecule has 0 aliphatic heterocycles. The maximum Gasteiger partial charge on any atom is 0.341 e. The predicted molar refractivity (Wildman–Crippen MR) is 111 cm³/mol. The number of ether oxygens (including phenoxy) is 1. The highest BCUT2D eigenvalue weighted by atomic mass is 35.5. The maximum atomic E-state index is 12.8. The fourth-order valence-electron chi connectivity index (χ4n) is 2.53. The van der Waals surface area contributed by atoms with Crippen molar-refractivity contribution in [3.63, 3.8) is 0 Å². The molecule has 0 aliphatic rings. The van der Waals surface area contributed by atoms with Crippen LogP contribution in [0.4, 0.5) is 5.00 Å². The van der Waals surface area contributed by atoms with Crippen LogP contribution in [0.5, 0.6) is 0 Å². The first-order valence-corrected chi connectivity index (χ1v) is 11.5. The molecule has 142 valence electrons. The van der Waals surface area contributed by atoms with Gasteiger partial charge < -0.3 is 4.74 Å². The summed E-state index contributed by atoms with van der Waals surface area (Å²) in [6.07, 6.45) is 0. The Balaban J connectivity index is 2.09. The number of benzene rings is 1. The molecular weight excluding hydrogens is 426 g/mol. The van der Waals surface area contributed by atoms with E-state index in [1.54, 1.807) is 6.92 Å². The Morgan fingerprint density at radius 1 is 1.22 bits per heavy atom. The minimum absolute atomic E-state index is 0.0606. The number of hydrogen-bond donors (Lipinski definition) is 1. The van der Waals surface area contributed by atoms with E-state index in [-0.39, 0.29) is 22.1 Å². The summed E-state index contributed by atoms with van der Waals surface area (Å²) in [5, 5.41) is 2.58. The highest BCUT2D eigenvalue weighted by Gasteiger charge is 2.27. The molecule has 1 N–H and O–H groups in total. The summed E-state index contributed by atoms with van der Waals surface area (Å²) in [7, 11) is -3.88. The van der Waals surface area contributed by atoms with Gasteiger partial charge in [-0.2, -0.15) is 0 Å². The van der Waals surface area contributed by atoms with Gasteiger partial charge in [-0.05, 0) is 49.6 Å². The first-order chi connectivity index (χ1) is 12.8. The van der Waals surface area contributed by atoms with E-state index in [0.717, 1.165) is 9.75 Å². The van der Waals surface area contributed by atoms with Gasteiger partial charge in [-0.15, -0.1) is 22.7 Å². The van der Waals surface area contributed by atoms with Crippen molar-refractivity contribution < 1.29 is 17.9 Å². The number of thiophene rings is 2. The van der Waals surface area contributed by atoms with Gasteiger partial charge in [0.05, 0.1) is 11.5 Å². The number of carbonyl (C=O) groups is 1. The number of aryl methyl sites for hydroxylation is 1. The van der Waals surface area contributed by atoms with Crippen molar-refractivity contribution in [2.75, 3.05) is 11.3 Å². The zero-order chi connectivity index (χ0) is 19.6. The number of anilines is 1. The van der Waals surface area contributed by atoms with Gasteiger partial charge in [-0.3, -0.25) is 4.72 Å². The summed E-state index contributed by atoms with van der Waals surface area (Å²) in [4.78, 5) is 14.4. The average Bonchev–Trinajstić information content (AvgIpc) is 3.22. The largest absolute Gasteiger partial charge is 0.462 e. The van der Waals surface area contributed by atoms with Crippen LogP contribution in [0.3, 0.4) is 0 Å². The molecule has 0 aliphatic carbocycles. The van der Waals surface area contributed by atoms with Crippen LogP contribution in [-0.2, 0) is 14.8 Å². The molecule has 2 aromatic heterocycles. The molecule has 0 saturated heterocycles. The Morgan fingerprint density at radius 2 is 1.93 bits per heavy atom. The number of carbonyl (C=O) groups excluding carboxylic acids is 1. The van der Waals surface area contributed by atoms with E-state index >= 15 is 0 Å². The van der Waals surface area contributed by atoms with Crippen molar-refractivity contribution in [1.82, 2.24) is 0 Å². The molecule has 3 rings (SSSR count). The number of esters is 1. The van der Waals surface area contributed by atoms with E-state index in [4.69, 9.17) is 16.3 Å². The average molecular weight is 442 g/mol. The van der Waals surface area contributed by atoms with Gasteiger partial charge in [0.15, 0.2) is 0 Å². The smallest absolute Gasteiger partial charge is 0.341 e. The SMILES string of the molecule is CCOC(=O)c1c(NS(=O)(=O)c2ccc(Cl)cc2)sc(C)c1-c1cccs1. The summed E-state index contributed by atoms with van der Waals surface area (Å²) in [5.41, 5.74) is 0.932. The zero-order valence-corrected chi connectivity index (χ0v) is 17.7. The minimum Gasteiger partial charge on any atom is -0.462 e. The van der Waals surface area contributed by atoms with E-state index in [1.807, 2.05) is 24.4 Å². The summed E-state index contributed by atoms with van der Waals surface area (Å²) < 4.78 is 33.2. The van der Waals surface area contributed by atoms with Crippen molar-refractivity contribution in [3.8, 4) is 10.4 Å². The molecule has 3 aromatic rings. The summed E-state index contributed by atoms with van der Waals surface area (Å²) in [6, 6.07) is 9.59. The van der Waals surface area contributed by atoms with Crippen LogP contribution in [-0.4, -0.2) is 21.0 Å². The van der Waals surface area contributed by atoms with Gasteiger partial charge in [0.1, 0.15) is 10.6 Å². The fraction of sp³-hybridized carbons (Fsp3) is 0.167. The van der Waals surface area contributed by atoms with Gasteiger partial charge in [0, 0.05) is 20.3 Å². The predicted octanol–water partition coefficient (Wildman–Crippen LogP) is 5.42. The highest BCUT2D eigenvalue weighted by Crippen LogP contribution is 2.42. The number of hydrogen-bond acceptors (Lipinski definition) is 6. The van der Waals surface area contributed by atoms with Crippen molar-refractivity contribution in [2.24, 2.45) is 0 Å². The maximum absolute atomic E-state index is 12.8. The fourth-order valence-corrected chi connectivity index (χ4v) is 5.91. The van der Waals surface area contributed by atoms with E-state index in [9.17, 15) is 13.2 Å². The third-order valence-corrected chi connectivity index (χ3v) is 7.34. The molecule has 27 heavy (non-hydrogen) atoms. The van der Waals surface area contributed by atoms with Crippen LogP contribution in [0.2, 0.25) is 5.02 Å². The lowest BCUT2D eigenvalue weighted by Crippen LogP contribution is -2.15. The Kier molecular flexibility index (Phi) is 5.90. The number of halogens is 1. The molecule has 2 heterocycles. The highest BCUT2D eigenvalue weighted by molar-refractivity contribution is 7.93. The van der Waals surface area contributed by atoms with Crippen LogP contribution in [0.15, 0.2) is 46.7 Å². The molecule has 0 atom stereocenters. The Morgan fingerprint density at radius 3 is 2.52 bits per heavy atom. The lowest BCUT2D eigenvalue weighted by atomic mass is 10.1. The van der Waals surface area contributed by atoms with Gasteiger partial charge in [-0.25, -0.2) is 13.2 Å². The van der Waals surface area contributed by atoms with Gasteiger partial charge in [0.2, 0.25) is 0 Å². The second kappa shape index (κ2) is 8.02. The molecule has 9 heteroatoms. The van der Waals surface area contributed by atoms with Crippen LogP contribution < -0.4 is 4.72 Å². The minimum atomic E-state index is -3.88. The van der Waals surface area contributed by atoms with Gasteiger partial charge in [0.25, 0.3) is 10.0 Å². The van der Waals surface area contributed by atoms with Crippen LogP contribution >= 0.6 is 34.3 Å². The molecule has 0 radical (unpaired) electrons. The molecule has 0 unspecified atom stereocenters. The zero-order valence-electron chi connectivity index (χ0n) is 14.5. The molecule has 0 saturated carbocycles. The van der Waals surface area contributed by atoms with Crippen LogP contribution in [0, 0.1) is 6.92 Å². The van der Waals surface area contributed by atoms with Crippen LogP contribution in [0.1, 0.15) is 22.2 Å². The molecular formula is C18H16ClNO4S3. The first-order valence-electron chi connectivity index (χ1n) is 7.96. The summed E-state index contributed by atoms with van der Waals surface area (Å²) in [6.45, 7) is 3.75. The summed E-state index contributed by atoms with van der Waals surface area (Å²) in [5.74, 6) is -0.556. The van der Waals surface area contributed by atoms with Crippen LogP contribution in [0.25, 0.3) is 10.4 Å². The Labute approximate surface area is 170 Å². The first kappa shape index (κ1) is 19.9. The second-order valence-corrected chi connectivity index (χ2v) is 9.79. The monoisotopic (exact) mass is 441 g/mol. The van der Waals surface area contributed by atoms with E-state index in [2.05, 4.69) is 4.72 Å². The normalized spacial score (nSPS) is 11.4. The number of nitrogens with one attached hydrogen (secondary N) is 1. The topological polar surface area (TPSA) is 72.5 Å². The number of rotatable bonds is 6. The molecule has 0 amide bonds. The van der Waals surface area contributed by atoms with E-state index in [0.29, 0.717) is 10.6 Å². The van der Waals surface area contributed by atoms with Crippen molar-refractivity contribution >= 4 is 55.3 Å². The quantitative estimate of drug-likeness (QED) is 0.518. The van der Waals surface area contributed by atoms with E-state index in [1.165, 1.54) is 46.9 Å². The molecule has 5 nitrogen and oxygen atoms in total. The third kappa shape index (κ3) is 4.19. The van der Waals surface area contributed by atoms with Gasteiger partial charge in [-0.1, -0.05) is 17.7 Å². The summed E-state index contributed by atoms with van der Waals surface area (Å²) >= 11 is 8.52. The molecule has 0 fully saturated rings. The Hall–Kier alpha value is -1.87. The standard InChI is InChI=1S/C18H16ClNO4S3/c1-3-24-18(21)16-15(14-5-4-10-25-14)11(2)26-17(16)20-27(22,23)13-8-6-12(19)7-9-13/h4-10,20H,3H2,1-2H3. The third-order valence-electron chi connectivity index (χ3n) is 3.68.